The summed E-state index contributed by atoms with van der Waals surface area (Å²) in [6.45, 7) is 0.733. The maximum Gasteiger partial charge on any atom is 0.123 e. The van der Waals surface area contributed by atoms with Gasteiger partial charge < -0.3 is 5.32 Å². The van der Waals surface area contributed by atoms with E-state index < -0.39 is 0 Å². The zero-order valence-electron chi connectivity index (χ0n) is 10.2. The molecule has 92 valence electrons. The van der Waals surface area contributed by atoms with Gasteiger partial charge in [0.1, 0.15) is 5.82 Å². The maximum absolute atomic E-state index is 13.1. The molecule has 0 saturated carbocycles. The molecule has 2 heteroatoms. The molecule has 0 heterocycles. The lowest BCUT2D eigenvalue weighted by Crippen LogP contribution is -2.28. The molecule has 0 unspecified atom stereocenters. The van der Waals surface area contributed by atoms with Crippen molar-refractivity contribution < 1.29 is 4.39 Å². The van der Waals surface area contributed by atoms with Gasteiger partial charge in [-0.2, -0.15) is 0 Å². The normalized spacial score (nSPS) is 14.7. The molecule has 0 spiro atoms. The van der Waals surface area contributed by atoms with E-state index in [-0.39, 0.29) is 5.82 Å². The van der Waals surface area contributed by atoms with Gasteiger partial charge in [0.15, 0.2) is 0 Å². The molecule has 0 saturated heterocycles. The van der Waals surface area contributed by atoms with Crippen LogP contribution < -0.4 is 5.32 Å². The summed E-state index contributed by atoms with van der Waals surface area (Å²) >= 11 is 0. The third kappa shape index (κ3) is 2.44. The van der Waals surface area contributed by atoms with E-state index >= 15 is 0 Å². The summed E-state index contributed by atoms with van der Waals surface area (Å²) in [6, 6.07) is 15.8. The number of benzene rings is 2. The van der Waals surface area contributed by atoms with Gasteiger partial charge in [0.05, 0.1) is 0 Å². The number of nitrogens with one attached hydrogen (secondary N) is 1. The van der Waals surface area contributed by atoms with Gasteiger partial charge >= 0.3 is 0 Å². The highest BCUT2D eigenvalue weighted by atomic mass is 19.1. The Labute approximate surface area is 107 Å². The van der Waals surface area contributed by atoms with Crippen molar-refractivity contribution >= 4 is 0 Å². The first-order valence-electron chi connectivity index (χ1n) is 6.36. The van der Waals surface area contributed by atoms with Crippen LogP contribution in [0, 0.1) is 5.82 Å². The van der Waals surface area contributed by atoms with Gasteiger partial charge in [0, 0.05) is 12.6 Å². The lowest BCUT2D eigenvalue weighted by Gasteiger charge is -2.11. The van der Waals surface area contributed by atoms with E-state index in [0.717, 1.165) is 24.9 Å². The largest absolute Gasteiger partial charge is 0.309 e. The molecule has 1 N–H and O–H groups in total. The summed E-state index contributed by atoms with van der Waals surface area (Å²) in [6.07, 6.45) is 2.15. The van der Waals surface area contributed by atoms with Crippen LogP contribution in [0.1, 0.15) is 16.7 Å². The first-order chi connectivity index (χ1) is 8.81. The van der Waals surface area contributed by atoms with Crippen LogP contribution in [0.4, 0.5) is 4.39 Å². The van der Waals surface area contributed by atoms with Gasteiger partial charge in [-0.1, -0.05) is 36.4 Å². The van der Waals surface area contributed by atoms with Crippen LogP contribution >= 0.6 is 0 Å². The average Bonchev–Trinajstić information content (AvgIpc) is 2.79. The van der Waals surface area contributed by atoms with E-state index in [4.69, 9.17) is 0 Å². The van der Waals surface area contributed by atoms with Crippen LogP contribution in [0.25, 0.3) is 0 Å². The summed E-state index contributed by atoms with van der Waals surface area (Å²) < 4.78 is 13.1. The van der Waals surface area contributed by atoms with E-state index in [9.17, 15) is 4.39 Å². The van der Waals surface area contributed by atoms with Crippen LogP contribution in [-0.2, 0) is 19.4 Å². The maximum atomic E-state index is 13.1. The molecule has 0 fully saturated rings. The highest BCUT2D eigenvalue weighted by Gasteiger charge is 2.19. The Bertz CT molecular complexity index is 525. The smallest absolute Gasteiger partial charge is 0.123 e. The second kappa shape index (κ2) is 4.91. The Morgan fingerprint density at radius 2 is 1.72 bits per heavy atom. The molecule has 0 bridgehead atoms. The van der Waals surface area contributed by atoms with Gasteiger partial charge in [0.2, 0.25) is 0 Å². The fourth-order valence-corrected chi connectivity index (χ4v) is 2.61. The van der Waals surface area contributed by atoms with Crippen molar-refractivity contribution in [3.8, 4) is 0 Å². The third-order valence-electron chi connectivity index (χ3n) is 3.53. The number of hydrogen-bond donors (Lipinski definition) is 1. The Kier molecular flexibility index (Phi) is 3.11. The van der Waals surface area contributed by atoms with E-state index in [0.29, 0.717) is 6.04 Å². The second-order valence-electron chi connectivity index (χ2n) is 4.88. The van der Waals surface area contributed by atoms with Crippen molar-refractivity contribution in [2.24, 2.45) is 0 Å². The minimum atomic E-state index is -0.163. The zero-order valence-corrected chi connectivity index (χ0v) is 10.2. The minimum Gasteiger partial charge on any atom is -0.309 e. The van der Waals surface area contributed by atoms with Crippen molar-refractivity contribution in [2.45, 2.75) is 25.4 Å². The van der Waals surface area contributed by atoms with E-state index in [2.05, 4.69) is 29.6 Å². The van der Waals surface area contributed by atoms with Crippen LogP contribution in [-0.4, -0.2) is 6.04 Å². The topological polar surface area (TPSA) is 12.0 Å². The number of fused-ring (bicyclic) bond motifs is 1. The molecule has 3 rings (SSSR count). The van der Waals surface area contributed by atoms with Crippen molar-refractivity contribution in [2.75, 3.05) is 0 Å². The van der Waals surface area contributed by atoms with Gasteiger partial charge in [-0.05, 0) is 41.7 Å². The SMILES string of the molecule is Fc1cccc(CNC2Cc3ccccc3C2)c1. The highest BCUT2D eigenvalue weighted by Crippen LogP contribution is 2.21. The molecule has 0 atom stereocenters. The van der Waals surface area contributed by atoms with Gasteiger partial charge in [-0.25, -0.2) is 4.39 Å². The lowest BCUT2D eigenvalue weighted by molar-refractivity contribution is 0.530. The fourth-order valence-electron chi connectivity index (χ4n) is 2.61. The molecule has 1 nitrogen and oxygen atoms in total. The third-order valence-corrected chi connectivity index (χ3v) is 3.53. The van der Waals surface area contributed by atoms with E-state index in [1.165, 1.54) is 17.2 Å². The zero-order chi connectivity index (χ0) is 12.4. The lowest BCUT2D eigenvalue weighted by atomic mass is 10.1. The molecule has 0 radical (unpaired) electrons. The molecule has 0 amide bonds. The molecule has 0 aliphatic heterocycles. The van der Waals surface area contributed by atoms with Crippen molar-refractivity contribution in [1.29, 1.82) is 0 Å². The molecular weight excluding hydrogens is 225 g/mol. The van der Waals surface area contributed by atoms with Gasteiger partial charge in [-0.3, -0.25) is 0 Å². The monoisotopic (exact) mass is 241 g/mol. The Morgan fingerprint density at radius 1 is 1.00 bits per heavy atom. The molecule has 2 aromatic carbocycles. The first-order valence-corrected chi connectivity index (χ1v) is 6.36. The predicted octanol–water partition coefficient (Wildman–Crippen LogP) is 3.08. The summed E-state index contributed by atoms with van der Waals surface area (Å²) in [4.78, 5) is 0. The van der Waals surface area contributed by atoms with Crippen molar-refractivity contribution in [1.82, 2.24) is 5.32 Å². The average molecular weight is 241 g/mol. The van der Waals surface area contributed by atoms with Crippen LogP contribution in [0.2, 0.25) is 0 Å². The van der Waals surface area contributed by atoms with Crippen molar-refractivity contribution in [3.05, 3.63) is 71.0 Å². The molecule has 2 aromatic rings. The Morgan fingerprint density at radius 3 is 2.39 bits per heavy atom. The first kappa shape index (κ1) is 11.4. The summed E-state index contributed by atoms with van der Waals surface area (Å²) in [5.74, 6) is -0.163. The molecular formula is C16H16FN. The van der Waals surface area contributed by atoms with Gasteiger partial charge in [-0.15, -0.1) is 0 Å². The Balaban J connectivity index is 1.60. The summed E-state index contributed by atoms with van der Waals surface area (Å²) in [5.41, 5.74) is 3.88. The standard InChI is InChI=1S/C16H16FN/c17-15-7-3-4-12(8-15)11-18-16-9-13-5-1-2-6-14(13)10-16/h1-8,16,18H,9-11H2. The number of halogens is 1. The van der Waals surface area contributed by atoms with E-state index in [1.807, 2.05) is 6.07 Å². The van der Waals surface area contributed by atoms with Gasteiger partial charge in [0.25, 0.3) is 0 Å². The Hall–Kier alpha value is -1.67. The summed E-state index contributed by atoms with van der Waals surface area (Å²) in [7, 11) is 0. The second-order valence-corrected chi connectivity index (χ2v) is 4.88. The van der Waals surface area contributed by atoms with Crippen LogP contribution in [0.15, 0.2) is 48.5 Å². The predicted molar refractivity (Wildman–Crippen MR) is 70.9 cm³/mol. The quantitative estimate of drug-likeness (QED) is 0.870. The summed E-state index contributed by atoms with van der Waals surface area (Å²) in [5, 5.41) is 3.51. The van der Waals surface area contributed by atoms with Crippen LogP contribution in [0.3, 0.4) is 0 Å². The van der Waals surface area contributed by atoms with Crippen LogP contribution in [0.5, 0.6) is 0 Å². The fraction of sp³-hybridized carbons (Fsp3) is 0.250. The number of hydrogen-bond acceptors (Lipinski definition) is 1. The molecule has 1 aliphatic carbocycles. The number of rotatable bonds is 3. The van der Waals surface area contributed by atoms with Crippen molar-refractivity contribution in [3.63, 3.8) is 0 Å². The molecule has 1 aliphatic rings. The minimum absolute atomic E-state index is 0.163. The van der Waals surface area contributed by atoms with E-state index in [1.54, 1.807) is 12.1 Å². The molecule has 0 aromatic heterocycles. The highest BCUT2D eigenvalue weighted by molar-refractivity contribution is 5.33. The molecule has 18 heavy (non-hydrogen) atoms.